The highest BCUT2D eigenvalue weighted by molar-refractivity contribution is 5.91. The lowest BCUT2D eigenvalue weighted by Gasteiger charge is -2.07. The van der Waals surface area contributed by atoms with Crippen molar-refractivity contribution in [1.29, 1.82) is 0 Å². The molecule has 20 heavy (non-hydrogen) atoms. The molecule has 0 radical (unpaired) electrons. The fourth-order valence-electron chi connectivity index (χ4n) is 1.69. The van der Waals surface area contributed by atoms with E-state index in [2.05, 4.69) is 9.97 Å². The summed E-state index contributed by atoms with van der Waals surface area (Å²) < 4.78 is 7.28. The Bertz CT molecular complexity index is 742. The number of primary amides is 1. The van der Waals surface area contributed by atoms with Crippen molar-refractivity contribution in [2.75, 3.05) is 0 Å². The van der Waals surface area contributed by atoms with Gasteiger partial charge in [0.2, 0.25) is 5.65 Å². The topological polar surface area (TPSA) is 82.5 Å². The molecule has 0 aliphatic carbocycles. The van der Waals surface area contributed by atoms with Crippen LogP contribution in [0.15, 0.2) is 48.9 Å². The first kappa shape index (κ1) is 13.8. The predicted octanol–water partition coefficient (Wildman–Crippen LogP) is 2.04. The van der Waals surface area contributed by atoms with E-state index in [-0.39, 0.29) is 24.0 Å². The summed E-state index contributed by atoms with van der Waals surface area (Å²) in [6, 6.07) is 9.15. The van der Waals surface area contributed by atoms with Crippen LogP contribution in [0.4, 0.5) is 0 Å². The van der Waals surface area contributed by atoms with Crippen molar-refractivity contribution in [3.63, 3.8) is 0 Å². The quantitative estimate of drug-likeness (QED) is 0.800. The molecule has 0 aliphatic rings. The second kappa shape index (κ2) is 5.58. The zero-order chi connectivity index (χ0) is 13.2. The van der Waals surface area contributed by atoms with Crippen LogP contribution in [0.25, 0.3) is 5.65 Å². The number of carbonyl (C=O) groups excluding carboxylic acids is 1. The van der Waals surface area contributed by atoms with Crippen LogP contribution in [0.3, 0.4) is 0 Å². The van der Waals surface area contributed by atoms with E-state index >= 15 is 0 Å². The third kappa shape index (κ3) is 2.55. The molecule has 102 valence electrons. The Morgan fingerprint density at radius 2 is 2.00 bits per heavy atom. The smallest absolute Gasteiger partial charge is 0.268 e. The van der Waals surface area contributed by atoms with Crippen LogP contribution >= 0.6 is 12.4 Å². The molecule has 6 nitrogen and oxygen atoms in total. The van der Waals surface area contributed by atoms with Crippen molar-refractivity contribution in [2.45, 2.75) is 0 Å². The van der Waals surface area contributed by atoms with Gasteiger partial charge < -0.3 is 14.9 Å². The van der Waals surface area contributed by atoms with E-state index in [0.29, 0.717) is 11.4 Å². The van der Waals surface area contributed by atoms with Crippen LogP contribution in [0.1, 0.15) is 10.5 Å². The van der Waals surface area contributed by atoms with Crippen LogP contribution in [0, 0.1) is 0 Å². The second-order valence-corrected chi connectivity index (χ2v) is 3.87. The van der Waals surface area contributed by atoms with Gasteiger partial charge >= 0.3 is 0 Å². The fourth-order valence-corrected chi connectivity index (χ4v) is 1.69. The zero-order valence-corrected chi connectivity index (χ0v) is 11.1. The minimum Gasteiger partial charge on any atom is -0.436 e. The Kier molecular flexibility index (Phi) is 3.86. The molecule has 0 saturated heterocycles. The molecule has 0 bridgehead atoms. The average Bonchev–Trinajstić information content (AvgIpc) is 2.88. The summed E-state index contributed by atoms with van der Waals surface area (Å²) in [5, 5.41) is 0. The van der Waals surface area contributed by atoms with Gasteiger partial charge in [0.25, 0.3) is 11.8 Å². The molecule has 2 N–H and O–H groups in total. The van der Waals surface area contributed by atoms with Crippen molar-refractivity contribution in [3.05, 3.63) is 54.6 Å². The maximum Gasteiger partial charge on any atom is 0.268 e. The molecule has 3 rings (SSSR count). The number of rotatable bonds is 3. The number of ether oxygens (including phenoxy) is 1. The minimum absolute atomic E-state index is 0. The third-order valence-electron chi connectivity index (χ3n) is 2.55. The number of benzene rings is 1. The molecule has 2 aromatic heterocycles. The zero-order valence-electron chi connectivity index (χ0n) is 10.3. The average molecular weight is 291 g/mol. The van der Waals surface area contributed by atoms with Crippen molar-refractivity contribution in [3.8, 4) is 11.6 Å². The summed E-state index contributed by atoms with van der Waals surface area (Å²) >= 11 is 0. The van der Waals surface area contributed by atoms with E-state index in [1.807, 2.05) is 18.2 Å². The Hall–Kier alpha value is -2.60. The maximum absolute atomic E-state index is 11.2. The van der Waals surface area contributed by atoms with E-state index in [4.69, 9.17) is 10.5 Å². The van der Waals surface area contributed by atoms with Gasteiger partial charge in [0, 0.05) is 18.6 Å². The van der Waals surface area contributed by atoms with Gasteiger partial charge in [-0.25, -0.2) is 9.97 Å². The number of hydrogen-bond acceptors (Lipinski definition) is 4. The normalized spacial score (nSPS) is 10.0. The van der Waals surface area contributed by atoms with Crippen LogP contribution in [0.5, 0.6) is 11.6 Å². The number of nitrogens with two attached hydrogens (primary N) is 1. The number of imidazole rings is 1. The molecule has 1 amide bonds. The van der Waals surface area contributed by atoms with Gasteiger partial charge in [-0.15, -0.1) is 12.4 Å². The summed E-state index contributed by atoms with van der Waals surface area (Å²) in [5.41, 5.74) is 5.89. The summed E-state index contributed by atoms with van der Waals surface area (Å²) in [5.74, 6) is 0.238. The van der Waals surface area contributed by atoms with Gasteiger partial charge in [0.1, 0.15) is 11.4 Å². The number of para-hydroxylation sites is 1. The monoisotopic (exact) mass is 290 g/mol. The minimum atomic E-state index is -0.617. The Morgan fingerprint density at radius 3 is 2.70 bits per heavy atom. The van der Waals surface area contributed by atoms with Gasteiger partial charge in [-0.3, -0.25) is 4.79 Å². The molecule has 0 saturated carbocycles. The summed E-state index contributed by atoms with van der Waals surface area (Å²) in [7, 11) is 0. The molecule has 0 atom stereocenters. The Labute approximate surface area is 120 Å². The van der Waals surface area contributed by atoms with Crippen LogP contribution in [0.2, 0.25) is 0 Å². The number of nitrogens with zero attached hydrogens (tertiary/aromatic N) is 3. The highest BCUT2D eigenvalue weighted by Crippen LogP contribution is 2.23. The molecule has 0 unspecified atom stereocenters. The molecule has 0 fully saturated rings. The number of halogens is 1. The highest BCUT2D eigenvalue weighted by Gasteiger charge is 2.12. The van der Waals surface area contributed by atoms with E-state index in [9.17, 15) is 4.79 Å². The van der Waals surface area contributed by atoms with Crippen molar-refractivity contribution >= 4 is 24.0 Å². The summed E-state index contributed by atoms with van der Waals surface area (Å²) in [4.78, 5) is 19.5. The summed E-state index contributed by atoms with van der Waals surface area (Å²) in [6.07, 6.45) is 4.81. The number of hydrogen-bond donors (Lipinski definition) is 1. The molecule has 7 heteroatoms. The van der Waals surface area contributed by atoms with E-state index < -0.39 is 5.91 Å². The van der Waals surface area contributed by atoms with Gasteiger partial charge in [0.15, 0.2) is 0 Å². The van der Waals surface area contributed by atoms with Gasteiger partial charge in [-0.2, -0.15) is 0 Å². The molecule has 2 heterocycles. The number of amides is 1. The number of fused-ring (bicyclic) bond motifs is 1. The molecular formula is C13H11ClN4O2. The van der Waals surface area contributed by atoms with Gasteiger partial charge in [-0.1, -0.05) is 18.2 Å². The largest absolute Gasteiger partial charge is 0.436 e. The SMILES string of the molecule is Cl.NC(=O)c1cn2ccnc2c(Oc2ccccc2)n1. The van der Waals surface area contributed by atoms with Crippen LogP contribution in [-0.2, 0) is 0 Å². The van der Waals surface area contributed by atoms with Crippen LogP contribution in [-0.4, -0.2) is 20.3 Å². The first-order chi connectivity index (χ1) is 9.24. The number of carbonyl (C=O) groups is 1. The highest BCUT2D eigenvalue weighted by atomic mass is 35.5. The lowest BCUT2D eigenvalue weighted by molar-refractivity contribution is 0.0994. The Morgan fingerprint density at radius 1 is 1.25 bits per heavy atom. The lowest BCUT2D eigenvalue weighted by atomic mass is 10.3. The molecule has 3 aromatic rings. The maximum atomic E-state index is 11.2. The van der Waals surface area contributed by atoms with Gasteiger partial charge in [0.05, 0.1) is 0 Å². The second-order valence-electron chi connectivity index (χ2n) is 3.87. The standard InChI is InChI=1S/C13H10N4O2.ClH/c14-11(18)10-8-17-7-6-15-12(17)13(16-10)19-9-4-2-1-3-5-9;/h1-8H,(H2,14,18);1H. The fraction of sp³-hybridized carbons (Fsp3) is 0. The number of aromatic nitrogens is 3. The van der Waals surface area contributed by atoms with E-state index in [1.165, 1.54) is 6.20 Å². The molecule has 0 spiro atoms. The van der Waals surface area contributed by atoms with Crippen LogP contribution < -0.4 is 10.5 Å². The molecule has 0 aliphatic heterocycles. The summed E-state index contributed by atoms with van der Waals surface area (Å²) in [6.45, 7) is 0. The predicted molar refractivity (Wildman–Crippen MR) is 75.3 cm³/mol. The molecular weight excluding hydrogens is 280 g/mol. The van der Waals surface area contributed by atoms with E-state index in [0.717, 1.165) is 0 Å². The van der Waals surface area contributed by atoms with Crippen molar-refractivity contribution in [1.82, 2.24) is 14.4 Å². The van der Waals surface area contributed by atoms with Gasteiger partial charge in [-0.05, 0) is 12.1 Å². The molecule has 1 aromatic carbocycles. The first-order valence-corrected chi connectivity index (χ1v) is 5.60. The van der Waals surface area contributed by atoms with E-state index in [1.54, 1.807) is 28.9 Å². The third-order valence-corrected chi connectivity index (χ3v) is 2.55. The first-order valence-electron chi connectivity index (χ1n) is 5.60. The van der Waals surface area contributed by atoms with Crippen molar-refractivity contribution < 1.29 is 9.53 Å². The van der Waals surface area contributed by atoms with Crippen molar-refractivity contribution in [2.24, 2.45) is 5.73 Å². The Balaban J connectivity index is 0.00000147. The lowest BCUT2D eigenvalue weighted by Crippen LogP contribution is -2.14.